The number of aliphatic hydroxyl groups is 1. The third-order valence-corrected chi connectivity index (χ3v) is 9.05. The number of nitrogens with zero attached hydrogens (tertiary/aromatic N) is 6. The van der Waals surface area contributed by atoms with Crippen LogP contribution in [0.5, 0.6) is 0 Å². The van der Waals surface area contributed by atoms with E-state index in [2.05, 4.69) is 37.7 Å². The van der Waals surface area contributed by atoms with E-state index in [1.165, 1.54) is 18.0 Å². The van der Waals surface area contributed by atoms with Gasteiger partial charge in [0, 0.05) is 22.9 Å². The Kier molecular flexibility index (Phi) is 8.98. The van der Waals surface area contributed by atoms with Gasteiger partial charge in [0.15, 0.2) is 6.29 Å². The van der Waals surface area contributed by atoms with Crippen LogP contribution in [-0.4, -0.2) is 53.0 Å². The first-order chi connectivity index (χ1) is 23.1. The van der Waals surface area contributed by atoms with Crippen LogP contribution in [0.2, 0.25) is 0 Å². The fraction of sp³-hybridized carbons (Fsp3) is 0.200. The summed E-state index contributed by atoms with van der Waals surface area (Å²) in [5.41, 5.74) is 5.58. The van der Waals surface area contributed by atoms with E-state index in [4.69, 9.17) is 9.47 Å². The summed E-state index contributed by atoms with van der Waals surface area (Å²) < 4.78 is 15.0. The number of rotatable bonds is 9. The third kappa shape index (κ3) is 6.76. The predicted molar refractivity (Wildman–Crippen MR) is 177 cm³/mol. The summed E-state index contributed by atoms with van der Waals surface area (Å²) in [7, 11) is 0. The van der Waals surface area contributed by atoms with Gasteiger partial charge in [-0.05, 0) is 58.0 Å². The SMILES string of the molecule is C[C@H]1[C@@H](CSc2nnnn2-c2ccccc2)O[C@@H](c2cccc(NC(=O)c3cnc4ccccc4n3)c2)O[C@H]1c1ccc(CO)cc1. The fourth-order valence-corrected chi connectivity index (χ4v) is 6.55. The molecule has 0 radical (unpaired) electrons. The van der Waals surface area contributed by atoms with Crippen LogP contribution in [0, 0.1) is 5.92 Å². The molecule has 2 N–H and O–H groups in total. The van der Waals surface area contributed by atoms with Gasteiger partial charge in [0.2, 0.25) is 5.16 Å². The summed E-state index contributed by atoms with van der Waals surface area (Å²) >= 11 is 1.51. The first-order valence-electron chi connectivity index (χ1n) is 15.2. The average Bonchev–Trinajstić information content (AvgIpc) is 3.60. The Balaban J connectivity index is 1.13. The molecule has 12 heteroatoms. The molecule has 0 saturated carbocycles. The molecule has 6 aromatic rings. The summed E-state index contributed by atoms with van der Waals surface area (Å²) in [5.74, 6) is 0.164. The number of carbonyl (C=O) groups is 1. The van der Waals surface area contributed by atoms with Gasteiger partial charge in [-0.2, -0.15) is 4.68 Å². The zero-order valence-corrected chi connectivity index (χ0v) is 26.2. The number of benzene rings is 4. The number of ether oxygens (including phenoxy) is 2. The van der Waals surface area contributed by atoms with Crippen LogP contribution in [0.3, 0.4) is 0 Å². The number of carbonyl (C=O) groups excluding carboxylic acids is 1. The van der Waals surface area contributed by atoms with E-state index in [9.17, 15) is 9.90 Å². The van der Waals surface area contributed by atoms with Crippen molar-refractivity contribution in [2.24, 2.45) is 5.92 Å². The Morgan fingerprint density at radius 2 is 1.70 bits per heavy atom. The number of nitrogens with one attached hydrogen (secondary N) is 1. The molecule has 3 heterocycles. The van der Waals surface area contributed by atoms with Crippen molar-refractivity contribution in [1.29, 1.82) is 0 Å². The number of amides is 1. The van der Waals surface area contributed by atoms with Crippen LogP contribution in [0.15, 0.2) is 114 Å². The fourth-order valence-electron chi connectivity index (χ4n) is 5.49. The van der Waals surface area contributed by atoms with Crippen molar-refractivity contribution in [3.05, 3.63) is 132 Å². The number of thioether (sulfide) groups is 1. The molecular weight excluding hydrogens is 614 g/mol. The van der Waals surface area contributed by atoms with Crippen LogP contribution in [0.25, 0.3) is 16.7 Å². The van der Waals surface area contributed by atoms with Crippen LogP contribution < -0.4 is 5.32 Å². The summed E-state index contributed by atoms with van der Waals surface area (Å²) in [5, 5.41) is 25.5. The lowest BCUT2D eigenvalue weighted by atomic mass is 9.91. The zero-order chi connectivity index (χ0) is 32.2. The number of hydrogen-bond acceptors (Lipinski definition) is 10. The molecule has 2 aromatic heterocycles. The Morgan fingerprint density at radius 3 is 2.51 bits per heavy atom. The van der Waals surface area contributed by atoms with E-state index < -0.39 is 6.29 Å². The predicted octanol–water partition coefficient (Wildman–Crippen LogP) is 5.93. The molecule has 0 spiro atoms. The van der Waals surface area contributed by atoms with E-state index in [0.717, 1.165) is 27.9 Å². The Hall–Kier alpha value is -5.01. The number of fused-ring (bicyclic) bond motifs is 1. The van der Waals surface area contributed by atoms with E-state index in [-0.39, 0.29) is 36.3 Å². The number of tetrazole rings is 1. The summed E-state index contributed by atoms with van der Waals surface area (Å²) in [4.78, 5) is 22.0. The van der Waals surface area contributed by atoms with Crippen molar-refractivity contribution in [1.82, 2.24) is 30.2 Å². The van der Waals surface area contributed by atoms with Crippen molar-refractivity contribution < 1.29 is 19.4 Å². The highest BCUT2D eigenvalue weighted by atomic mass is 32.2. The maximum atomic E-state index is 13.1. The van der Waals surface area contributed by atoms with E-state index in [1.807, 2.05) is 103 Å². The van der Waals surface area contributed by atoms with Gasteiger partial charge in [0.1, 0.15) is 5.69 Å². The second-order valence-electron chi connectivity index (χ2n) is 11.2. The maximum Gasteiger partial charge on any atom is 0.275 e. The molecule has 7 rings (SSSR count). The molecule has 4 aromatic carbocycles. The first kappa shape index (κ1) is 30.6. The quantitative estimate of drug-likeness (QED) is 0.182. The first-order valence-corrected chi connectivity index (χ1v) is 16.1. The van der Waals surface area contributed by atoms with Crippen molar-refractivity contribution in [2.75, 3.05) is 11.1 Å². The van der Waals surface area contributed by atoms with Crippen molar-refractivity contribution in [3.63, 3.8) is 0 Å². The number of aromatic nitrogens is 6. The molecule has 1 saturated heterocycles. The highest BCUT2D eigenvalue weighted by Gasteiger charge is 2.38. The second-order valence-corrected chi connectivity index (χ2v) is 12.2. The van der Waals surface area contributed by atoms with Crippen LogP contribution in [0.4, 0.5) is 5.69 Å². The van der Waals surface area contributed by atoms with Gasteiger partial charge < -0.3 is 19.9 Å². The lowest BCUT2D eigenvalue weighted by Gasteiger charge is -2.41. The monoisotopic (exact) mass is 645 g/mol. The molecule has 4 atom stereocenters. The summed E-state index contributed by atoms with van der Waals surface area (Å²) in [6.07, 6.45) is 0.206. The zero-order valence-electron chi connectivity index (χ0n) is 25.4. The number of hydrogen-bond donors (Lipinski definition) is 2. The number of para-hydroxylation sites is 3. The smallest absolute Gasteiger partial charge is 0.275 e. The molecule has 0 unspecified atom stereocenters. The van der Waals surface area contributed by atoms with Gasteiger partial charge in [-0.1, -0.05) is 85.4 Å². The number of anilines is 1. The largest absolute Gasteiger partial charge is 0.392 e. The molecule has 0 aliphatic carbocycles. The Bertz CT molecular complexity index is 1990. The summed E-state index contributed by atoms with van der Waals surface area (Å²) in [6, 6.07) is 32.3. The van der Waals surface area contributed by atoms with E-state index in [1.54, 1.807) is 4.68 Å². The van der Waals surface area contributed by atoms with Crippen molar-refractivity contribution in [2.45, 2.75) is 37.2 Å². The minimum atomic E-state index is -0.721. The minimum Gasteiger partial charge on any atom is -0.392 e. The molecular formula is C35H31N7O4S. The maximum absolute atomic E-state index is 13.1. The second kappa shape index (κ2) is 13.8. The third-order valence-electron chi connectivity index (χ3n) is 8.04. The van der Waals surface area contributed by atoms with E-state index >= 15 is 0 Å². The van der Waals surface area contributed by atoms with Crippen molar-refractivity contribution >= 4 is 34.4 Å². The van der Waals surface area contributed by atoms with Gasteiger partial charge in [-0.3, -0.25) is 9.78 Å². The molecule has 236 valence electrons. The lowest BCUT2D eigenvalue weighted by Crippen LogP contribution is -2.38. The standard InChI is InChI=1S/C35H31N7O4S/c1-22-31(21-47-35-39-40-41-42(35)27-10-3-2-4-11-27)45-34(46-32(22)24-16-14-23(20-43)15-17-24)25-8-7-9-26(18-25)37-33(44)30-19-36-28-12-5-6-13-29(28)38-30/h2-19,22,31-32,34,43H,20-21H2,1H3,(H,37,44)/t22-,31+,32+,34+/m0/s1. The molecule has 1 fully saturated rings. The molecule has 47 heavy (non-hydrogen) atoms. The normalized spacial score (nSPS) is 19.4. The van der Waals surface area contributed by atoms with Crippen LogP contribution >= 0.6 is 11.8 Å². The van der Waals surface area contributed by atoms with Crippen molar-refractivity contribution in [3.8, 4) is 5.69 Å². The minimum absolute atomic E-state index is 0.0332. The highest BCUT2D eigenvalue weighted by molar-refractivity contribution is 7.99. The molecule has 1 aliphatic heterocycles. The van der Waals surface area contributed by atoms with Gasteiger partial charge in [-0.15, -0.1) is 5.10 Å². The molecule has 1 aliphatic rings. The van der Waals surface area contributed by atoms with Gasteiger partial charge in [0.05, 0.1) is 41.7 Å². The van der Waals surface area contributed by atoms with Gasteiger partial charge >= 0.3 is 0 Å². The van der Waals surface area contributed by atoms with Gasteiger partial charge in [-0.25, -0.2) is 4.98 Å². The van der Waals surface area contributed by atoms with Crippen LogP contribution in [-0.2, 0) is 16.1 Å². The van der Waals surface area contributed by atoms with Gasteiger partial charge in [0.25, 0.3) is 5.91 Å². The topological polar surface area (TPSA) is 137 Å². The number of aliphatic hydroxyl groups excluding tert-OH is 1. The molecule has 11 nitrogen and oxygen atoms in total. The molecule has 0 bridgehead atoms. The lowest BCUT2D eigenvalue weighted by molar-refractivity contribution is -0.268. The Morgan fingerprint density at radius 1 is 0.915 bits per heavy atom. The Labute approximate surface area is 275 Å². The summed E-state index contributed by atoms with van der Waals surface area (Å²) in [6.45, 7) is 2.07. The molecule has 1 amide bonds. The van der Waals surface area contributed by atoms with Crippen LogP contribution in [0.1, 0.15) is 46.5 Å². The highest BCUT2D eigenvalue weighted by Crippen LogP contribution is 2.43. The van der Waals surface area contributed by atoms with E-state index in [0.29, 0.717) is 22.1 Å². The average molecular weight is 646 g/mol.